The summed E-state index contributed by atoms with van der Waals surface area (Å²) >= 11 is 0. The average Bonchev–Trinajstić information content (AvgIpc) is 3.32. The maximum Gasteiger partial charge on any atom is 0.337 e. The van der Waals surface area contributed by atoms with E-state index in [1.807, 2.05) is 54.6 Å². The molecule has 0 aliphatic carbocycles. The van der Waals surface area contributed by atoms with Crippen LogP contribution in [0.25, 0.3) is 0 Å². The molecule has 1 saturated heterocycles. The van der Waals surface area contributed by atoms with Crippen LogP contribution in [0.3, 0.4) is 0 Å². The Hall–Kier alpha value is -3.55. The maximum atomic E-state index is 12.8. The summed E-state index contributed by atoms with van der Waals surface area (Å²) in [4.78, 5) is 29.4. The number of nitrogens with zero attached hydrogens (tertiary/aromatic N) is 2. The van der Waals surface area contributed by atoms with Gasteiger partial charge >= 0.3 is 5.97 Å². The fourth-order valence-electron chi connectivity index (χ4n) is 4.47. The minimum Gasteiger partial charge on any atom is -0.478 e. The molecule has 34 heavy (non-hydrogen) atoms. The number of benzene rings is 2. The lowest BCUT2D eigenvalue weighted by Gasteiger charge is -2.20. The Morgan fingerprint density at radius 2 is 1.76 bits per heavy atom. The molecular formula is C27H29N3O4. The van der Waals surface area contributed by atoms with Gasteiger partial charge in [-0.2, -0.15) is 0 Å². The number of pyridine rings is 1. The van der Waals surface area contributed by atoms with E-state index in [4.69, 9.17) is 5.11 Å². The Kier molecular flexibility index (Phi) is 7.35. The van der Waals surface area contributed by atoms with Crippen molar-refractivity contribution in [3.8, 4) is 0 Å². The van der Waals surface area contributed by atoms with Gasteiger partial charge in [0.2, 0.25) is 0 Å². The zero-order chi connectivity index (χ0) is 24.1. The maximum absolute atomic E-state index is 12.8. The second kappa shape index (κ2) is 10.6. The second-order valence-electron chi connectivity index (χ2n) is 8.85. The van der Waals surface area contributed by atoms with Crippen molar-refractivity contribution in [3.63, 3.8) is 0 Å². The number of amides is 1. The van der Waals surface area contributed by atoms with Crippen molar-refractivity contribution in [1.29, 1.82) is 0 Å². The van der Waals surface area contributed by atoms with Crippen LogP contribution in [-0.4, -0.2) is 51.1 Å². The molecule has 3 atom stereocenters. The topological polar surface area (TPSA) is 103 Å². The van der Waals surface area contributed by atoms with E-state index in [1.165, 1.54) is 12.3 Å². The molecule has 1 aliphatic rings. The van der Waals surface area contributed by atoms with Crippen LogP contribution < -0.4 is 5.32 Å². The highest BCUT2D eigenvalue weighted by atomic mass is 16.4. The molecule has 176 valence electrons. The largest absolute Gasteiger partial charge is 0.478 e. The van der Waals surface area contributed by atoms with Crippen molar-refractivity contribution in [2.45, 2.75) is 44.0 Å². The Bertz CT molecular complexity index is 1130. The standard InChI is InChI=1S/C27H29N3O4/c1-30(17-19-13-22(27(33)34)16-28-15-19)26(32)21-9-7-18(8-10-21)14-23-11-12-24(29-23)25(31)20-5-3-2-4-6-20/h2-10,13,15-16,23-25,29,31H,11-12,14,17H2,1H3,(H,33,34). The van der Waals surface area contributed by atoms with Gasteiger partial charge < -0.3 is 20.4 Å². The number of aromatic nitrogens is 1. The molecule has 7 nitrogen and oxygen atoms in total. The summed E-state index contributed by atoms with van der Waals surface area (Å²) in [5.74, 6) is -1.19. The van der Waals surface area contributed by atoms with Crippen molar-refractivity contribution in [2.24, 2.45) is 0 Å². The first kappa shape index (κ1) is 23.6. The van der Waals surface area contributed by atoms with E-state index < -0.39 is 12.1 Å². The van der Waals surface area contributed by atoms with E-state index in [9.17, 15) is 14.7 Å². The van der Waals surface area contributed by atoms with Gasteiger partial charge in [-0.25, -0.2) is 4.79 Å². The van der Waals surface area contributed by atoms with Crippen molar-refractivity contribution in [2.75, 3.05) is 7.05 Å². The summed E-state index contributed by atoms with van der Waals surface area (Å²) in [6.45, 7) is 0.270. The molecule has 1 aromatic heterocycles. The highest BCUT2D eigenvalue weighted by molar-refractivity contribution is 5.94. The lowest BCUT2D eigenvalue weighted by molar-refractivity contribution is 0.0696. The van der Waals surface area contributed by atoms with Crippen molar-refractivity contribution < 1.29 is 19.8 Å². The van der Waals surface area contributed by atoms with Crippen molar-refractivity contribution in [1.82, 2.24) is 15.2 Å². The number of aromatic carboxylic acids is 1. The molecule has 0 bridgehead atoms. The number of carboxylic acid groups (broad SMARTS) is 1. The van der Waals surface area contributed by atoms with E-state index in [2.05, 4.69) is 10.3 Å². The summed E-state index contributed by atoms with van der Waals surface area (Å²) in [5.41, 5.74) is 3.39. The molecule has 3 unspecified atom stereocenters. The molecule has 2 heterocycles. The predicted molar refractivity (Wildman–Crippen MR) is 128 cm³/mol. The van der Waals surface area contributed by atoms with Crippen LogP contribution in [0.2, 0.25) is 0 Å². The lowest BCUT2D eigenvalue weighted by atomic mass is 10.0. The monoisotopic (exact) mass is 459 g/mol. The van der Waals surface area contributed by atoms with Gasteiger partial charge in [0.15, 0.2) is 0 Å². The minimum atomic E-state index is -1.04. The van der Waals surface area contributed by atoms with Crippen LogP contribution >= 0.6 is 0 Å². The fourth-order valence-corrected chi connectivity index (χ4v) is 4.47. The molecule has 1 amide bonds. The van der Waals surface area contributed by atoms with Gasteiger partial charge in [0.05, 0.1) is 11.7 Å². The van der Waals surface area contributed by atoms with Crippen molar-refractivity contribution in [3.05, 3.63) is 101 Å². The number of carboxylic acids is 1. The first-order valence-corrected chi connectivity index (χ1v) is 11.4. The van der Waals surface area contributed by atoms with Crippen LogP contribution in [0, 0.1) is 0 Å². The first-order valence-electron chi connectivity index (χ1n) is 11.4. The van der Waals surface area contributed by atoms with E-state index in [0.29, 0.717) is 11.1 Å². The molecule has 3 N–H and O–H groups in total. The molecule has 1 aliphatic heterocycles. The number of aliphatic hydroxyl groups is 1. The number of rotatable bonds is 8. The highest BCUT2D eigenvalue weighted by Gasteiger charge is 2.29. The SMILES string of the molecule is CN(Cc1cncc(C(=O)O)c1)C(=O)c1ccc(CC2CCC(C(O)c3ccccc3)N2)cc1. The number of nitrogens with one attached hydrogen (secondary N) is 1. The van der Waals surface area contributed by atoms with Crippen LogP contribution in [0.4, 0.5) is 0 Å². The van der Waals surface area contributed by atoms with Crippen LogP contribution in [0.1, 0.15) is 56.4 Å². The predicted octanol–water partition coefficient (Wildman–Crippen LogP) is 3.45. The van der Waals surface area contributed by atoms with E-state index in [0.717, 1.165) is 30.4 Å². The number of hydrogen-bond donors (Lipinski definition) is 3. The quantitative estimate of drug-likeness (QED) is 0.477. The normalized spacial score (nSPS) is 18.4. The molecule has 2 aromatic carbocycles. The molecular weight excluding hydrogens is 430 g/mol. The summed E-state index contributed by atoms with van der Waals surface area (Å²) in [6, 6.07) is 19.2. The summed E-state index contributed by atoms with van der Waals surface area (Å²) < 4.78 is 0. The van der Waals surface area contributed by atoms with Gasteiger partial charge in [-0.05, 0) is 54.2 Å². The molecule has 7 heteroatoms. The van der Waals surface area contributed by atoms with Gasteiger partial charge in [-0.1, -0.05) is 42.5 Å². The van der Waals surface area contributed by atoms with E-state index in [-0.39, 0.29) is 30.1 Å². The zero-order valence-corrected chi connectivity index (χ0v) is 19.1. The van der Waals surface area contributed by atoms with Crippen LogP contribution in [0.15, 0.2) is 73.1 Å². The van der Waals surface area contributed by atoms with E-state index >= 15 is 0 Å². The number of aliphatic hydroxyl groups excluding tert-OH is 1. The molecule has 0 spiro atoms. The Labute approximate surface area is 199 Å². The first-order chi connectivity index (χ1) is 16.4. The smallest absolute Gasteiger partial charge is 0.337 e. The molecule has 0 radical (unpaired) electrons. The van der Waals surface area contributed by atoms with Gasteiger partial charge in [-0.15, -0.1) is 0 Å². The molecule has 4 rings (SSSR count). The summed E-state index contributed by atoms with van der Waals surface area (Å²) in [7, 11) is 1.68. The third-order valence-electron chi connectivity index (χ3n) is 6.29. The Morgan fingerprint density at radius 1 is 1.03 bits per heavy atom. The molecule has 3 aromatic rings. The van der Waals surface area contributed by atoms with Crippen molar-refractivity contribution >= 4 is 11.9 Å². The molecule has 1 fully saturated rings. The Morgan fingerprint density at radius 3 is 2.47 bits per heavy atom. The minimum absolute atomic E-state index is 0.0380. The van der Waals surface area contributed by atoms with Gasteiger partial charge in [0.1, 0.15) is 0 Å². The van der Waals surface area contributed by atoms with Gasteiger partial charge in [0, 0.05) is 43.6 Å². The number of hydrogen-bond acceptors (Lipinski definition) is 5. The fraction of sp³-hybridized carbons (Fsp3) is 0.296. The Balaban J connectivity index is 1.32. The summed E-state index contributed by atoms with van der Waals surface area (Å²) in [6.07, 6.45) is 5.07. The third-order valence-corrected chi connectivity index (χ3v) is 6.29. The highest BCUT2D eigenvalue weighted by Crippen LogP contribution is 2.26. The zero-order valence-electron chi connectivity index (χ0n) is 19.1. The van der Waals surface area contributed by atoms with Crippen LogP contribution in [0.5, 0.6) is 0 Å². The average molecular weight is 460 g/mol. The summed E-state index contributed by atoms with van der Waals surface area (Å²) in [5, 5.41) is 23.3. The second-order valence-corrected chi connectivity index (χ2v) is 8.85. The number of carbonyl (C=O) groups is 2. The lowest BCUT2D eigenvalue weighted by Crippen LogP contribution is -2.35. The molecule has 0 saturated carbocycles. The van der Waals surface area contributed by atoms with E-state index in [1.54, 1.807) is 18.1 Å². The van der Waals surface area contributed by atoms with Gasteiger partial charge in [-0.3, -0.25) is 9.78 Å². The van der Waals surface area contributed by atoms with Gasteiger partial charge in [0.25, 0.3) is 5.91 Å². The van der Waals surface area contributed by atoms with Crippen LogP contribution in [-0.2, 0) is 13.0 Å². The third kappa shape index (κ3) is 5.68. The number of carbonyl (C=O) groups excluding carboxylic acids is 1.